The van der Waals surface area contributed by atoms with Crippen molar-refractivity contribution in [3.63, 3.8) is 0 Å². The molecule has 0 unspecified atom stereocenters. The molecule has 2 N–H and O–H groups in total. The van der Waals surface area contributed by atoms with Crippen LogP contribution in [0, 0.1) is 5.82 Å². The molecule has 0 aliphatic carbocycles. The van der Waals surface area contributed by atoms with Crippen LogP contribution in [0.5, 0.6) is 11.5 Å². The number of hydrogen-bond donors (Lipinski definition) is 2. The van der Waals surface area contributed by atoms with Gasteiger partial charge >= 0.3 is 0 Å². The van der Waals surface area contributed by atoms with Gasteiger partial charge < -0.3 is 9.47 Å². The quantitative estimate of drug-likeness (QED) is 0.652. The van der Waals surface area contributed by atoms with E-state index in [0.29, 0.717) is 28.5 Å². The van der Waals surface area contributed by atoms with E-state index in [1.807, 2.05) is 0 Å². The van der Waals surface area contributed by atoms with Gasteiger partial charge in [-0.05, 0) is 48.5 Å². The number of carbonyl (C=O) groups is 1. The molecule has 0 aliphatic heterocycles. The number of amides is 1. The monoisotopic (exact) mass is 368 g/mol. The molecule has 8 heteroatoms. The fraction of sp³-hybridized carbons (Fsp3) is 0.105. The number of ether oxygens (including phenoxy) is 2. The fourth-order valence-corrected chi connectivity index (χ4v) is 2.34. The lowest BCUT2D eigenvalue weighted by molar-refractivity contribution is -0.111. The van der Waals surface area contributed by atoms with E-state index in [9.17, 15) is 9.18 Å². The van der Waals surface area contributed by atoms with Crippen LogP contribution in [0.25, 0.3) is 17.5 Å². The second-order valence-corrected chi connectivity index (χ2v) is 5.44. The summed E-state index contributed by atoms with van der Waals surface area (Å²) >= 11 is 0. The molecule has 0 atom stereocenters. The predicted octanol–water partition coefficient (Wildman–Crippen LogP) is 3.28. The molecule has 2 aromatic carbocycles. The summed E-state index contributed by atoms with van der Waals surface area (Å²) in [6.45, 7) is 0. The van der Waals surface area contributed by atoms with E-state index >= 15 is 0 Å². The maximum absolute atomic E-state index is 13.0. The average Bonchev–Trinajstić information content (AvgIpc) is 3.15. The van der Waals surface area contributed by atoms with E-state index in [-0.39, 0.29) is 11.8 Å². The van der Waals surface area contributed by atoms with E-state index in [0.717, 1.165) is 0 Å². The van der Waals surface area contributed by atoms with Crippen molar-refractivity contribution in [2.45, 2.75) is 0 Å². The van der Waals surface area contributed by atoms with Crippen LogP contribution in [0.2, 0.25) is 0 Å². The smallest absolute Gasteiger partial charge is 0.250 e. The second-order valence-electron chi connectivity index (χ2n) is 5.44. The van der Waals surface area contributed by atoms with Gasteiger partial charge in [-0.1, -0.05) is 0 Å². The van der Waals surface area contributed by atoms with Crippen molar-refractivity contribution >= 4 is 17.9 Å². The molecule has 0 radical (unpaired) electrons. The zero-order valence-corrected chi connectivity index (χ0v) is 14.7. The number of hydrogen-bond acceptors (Lipinski definition) is 5. The topological polar surface area (TPSA) is 89.1 Å². The van der Waals surface area contributed by atoms with Crippen molar-refractivity contribution in [2.75, 3.05) is 19.5 Å². The number of methoxy groups -OCH3 is 2. The number of H-pyrrole nitrogens is 1. The number of nitrogens with one attached hydrogen (secondary N) is 2. The summed E-state index contributed by atoms with van der Waals surface area (Å²) in [6.07, 6.45) is 2.94. The molecule has 138 valence electrons. The Bertz CT molecular complexity index is 967. The van der Waals surface area contributed by atoms with Crippen LogP contribution in [0.1, 0.15) is 5.56 Å². The highest BCUT2D eigenvalue weighted by Crippen LogP contribution is 2.25. The molecule has 0 saturated carbocycles. The van der Waals surface area contributed by atoms with Crippen molar-refractivity contribution in [3.8, 4) is 22.9 Å². The molecule has 27 heavy (non-hydrogen) atoms. The highest BCUT2D eigenvalue weighted by molar-refractivity contribution is 6.01. The third-order valence-electron chi connectivity index (χ3n) is 3.69. The summed E-state index contributed by atoms with van der Waals surface area (Å²) in [7, 11) is 3.10. The van der Waals surface area contributed by atoms with E-state index < -0.39 is 5.91 Å². The lowest BCUT2D eigenvalue weighted by Crippen LogP contribution is -2.09. The number of anilines is 1. The van der Waals surface area contributed by atoms with Crippen molar-refractivity contribution in [3.05, 3.63) is 59.9 Å². The van der Waals surface area contributed by atoms with Gasteiger partial charge in [-0.3, -0.25) is 15.2 Å². The zero-order chi connectivity index (χ0) is 19.2. The standard InChI is InChI=1S/C19H17FN4O3/c1-26-15-8-9-16(27-2)13(11-15)5-10-17(25)21-19-22-18(23-24-19)12-3-6-14(20)7-4-12/h3-11H,1-2H3,(H2,21,22,23,24,25)/b10-5+. The Hall–Kier alpha value is -3.68. The average molecular weight is 368 g/mol. The molecule has 0 fully saturated rings. The molecule has 1 heterocycles. The van der Waals surface area contributed by atoms with Gasteiger partial charge in [-0.15, -0.1) is 5.10 Å². The lowest BCUT2D eigenvalue weighted by Gasteiger charge is -2.07. The van der Waals surface area contributed by atoms with E-state index in [2.05, 4.69) is 20.5 Å². The summed E-state index contributed by atoms with van der Waals surface area (Å²) in [5.41, 5.74) is 1.34. The lowest BCUT2D eigenvalue weighted by atomic mass is 10.1. The summed E-state index contributed by atoms with van der Waals surface area (Å²) in [6, 6.07) is 11.0. The van der Waals surface area contributed by atoms with E-state index in [1.54, 1.807) is 50.6 Å². The highest BCUT2D eigenvalue weighted by Gasteiger charge is 2.08. The number of benzene rings is 2. The minimum atomic E-state index is -0.412. The Balaban J connectivity index is 1.69. The van der Waals surface area contributed by atoms with Crippen molar-refractivity contribution in [2.24, 2.45) is 0 Å². The Morgan fingerprint density at radius 3 is 2.63 bits per heavy atom. The van der Waals surface area contributed by atoms with Crippen LogP contribution in [0.4, 0.5) is 10.3 Å². The van der Waals surface area contributed by atoms with Crippen LogP contribution < -0.4 is 14.8 Å². The highest BCUT2D eigenvalue weighted by atomic mass is 19.1. The van der Waals surface area contributed by atoms with Gasteiger partial charge in [-0.25, -0.2) is 4.39 Å². The molecule has 0 spiro atoms. The van der Waals surface area contributed by atoms with Gasteiger partial charge in [0.2, 0.25) is 5.95 Å². The number of halogens is 1. The molecule has 0 aliphatic rings. The largest absolute Gasteiger partial charge is 0.497 e. The summed E-state index contributed by atoms with van der Waals surface area (Å²) in [5, 5.41) is 9.18. The number of aromatic amines is 1. The molecular formula is C19H17FN4O3. The summed E-state index contributed by atoms with van der Waals surface area (Å²) in [4.78, 5) is 16.3. The van der Waals surface area contributed by atoms with Crippen molar-refractivity contribution in [1.29, 1.82) is 0 Å². The first-order chi connectivity index (χ1) is 13.1. The molecule has 3 rings (SSSR count). The summed E-state index contributed by atoms with van der Waals surface area (Å²) in [5.74, 6) is 1.03. The van der Waals surface area contributed by atoms with Gasteiger partial charge in [0.25, 0.3) is 5.91 Å². The fourth-order valence-electron chi connectivity index (χ4n) is 2.34. The molecule has 3 aromatic rings. The van der Waals surface area contributed by atoms with Gasteiger partial charge in [-0.2, -0.15) is 4.98 Å². The SMILES string of the molecule is COc1ccc(OC)c(/C=C/C(=O)Nc2n[nH]c(-c3ccc(F)cc3)n2)c1. The number of aromatic nitrogens is 3. The molecule has 7 nitrogen and oxygen atoms in total. The number of carbonyl (C=O) groups excluding carboxylic acids is 1. The van der Waals surface area contributed by atoms with Gasteiger partial charge in [0.05, 0.1) is 14.2 Å². The zero-order valence-electron chi connectivity index (χ0n) is 14.7. The van der Waals surface area contributed by atoms with Gasteiger partial charge in [0, 0.05) is 17.2 Å². The normalized spacial score (nSPS) is 10.8. The first-order valence-corrected chi connectivity index (χ1v) is 7.98. The maximum atomic E-state index is 13.0. The summed E-state index contributed by atoms with van der Waals surface area (Å²) < 4.78 is 23.4. The molecule has 0 bridgehead atoms. The number of nitrogens with zero attached hydrogens (tertiary/aromatic N) is 2. The van der Waals surface area contributed by atoms with Crippen LogP contribution in [-0.4, -0.2) is 35.3 Å². The van der Waals surface area contributed by atoms with E-state index in [4.69, 9.17) is 9.47 Å². The molecule has 1 amide bonds. The minimum Gasteiger partial charge on any atom is -0.497 e. The van der Waals surface area contributed by atoms with Crippen LogP contribution in [0.15, 0.2) is 48.5 Å². The van der Waals surface area contributed by atoms with Crippen LogP contribution >= 0.6 is 0 Å². The predicted molar refractivity (Wildman–Crippen MR) is 99.0 cm³/mol. The first-order valence-electron chi connectivity index (χ1n) is 7.98. The Labute approximate surface area is 154 Å². The third kappa shape index (κ3) is 4.49. The second kappa shape index (κ2) is 8.13. The maximum Gasteiger partial charge on any atom is 0.250 e. The minimum absolute atomic E-state index is 0.113. The number of rotatable bonds is 6. The van der Waals surface area contributed by atoms with Crippen molar-refractivity contribution < 1.29 is 18.7 Å². The van der Waals surface area contributed by atoms with Crippen molar-refractivity contribution in [1.82, 2.24) is 15.2 Å². The Kier molecular flexibility index (Phi) is 5.46. The Morgan fingerprint density at radius 1 is 1.15 bits per heavy atom. The van der Waals surface area contributed by atoms with Crippen LogP contribution in [-0.2, 0) is 4.79 Å². The van der Waals surface area contributed by atoms with Gasteiger partial charge in [0.1, 0.15) is 17.3 Å². The first kappa shape index (κ1) is 18.1. The Morgan fingerprint density at radius 2 is 1.93 bits per heavy atom. The van der Waals surface area contributed by atoms with Gasteiger partial charge in [0.15, 0.2) is 5.82 Å². The van der Waals surface area contributed by atoms with E-state index in [1.165, 1.54) is 18.2 Å². The molecule has 0 saturated heterocycles. The third-order valence-corrected chi connectivity index (χ3v) is 3.69. The molecular weight excluding hydrogens is 351 g/mol. The van der Waals surface area contributed by atoms with Crippen LogP contribution in [0.3, 0.4) is 0 Å². The molecule has 1 aromatic heterocycles.